The molecule has 5 heteroatoms. The predicted octanol–water partition coefficient (Wildman–Crippen LogP) is 4.86. The van der Waals surface area contributed by atoms with Gasteiger partial charge in [0.1, 0.15) is 0 Å². The van der Waals surface area contributed by atoms with Crippen molar-refractivity contribution in [3.63, 3.8) is 0 Å². The summed E-state index contributed by atoms with van der Waals surface area (Å²) in [4.78, 5) is 26.4. The minimum atomic E-state index is -0.0593. The largest absolute Gasteiger partial charge is 0.326 e. The summed E-state index contributed by atoms with van der Waals surface area (Å²) in [5, 5.41) is 5.81. The molecule has 132 valence electrons. The zero-order valence-corrected chi connectivity index (χ0v) is 15.5. The van der Waals surface area contributed by atoms with Gasteiger partial charge in [-0.1, -0.05) is 13.8 Å². The third-order valence-corrected chi connectivity index (χ3v) is 5.48. The molecule has 0 unspecified atom stereocenters. The van der Waals surface area contributed by atoms with Crippen molar-refractivity contribution in [2.24, 2.45) is 5.92 Å². The lowest BCUT2D eigenvalue weighted by molar-refractivity contribution is -0.116. The summed E-state index contributed by atoms with van der Waals surface area (Å²) in [5.74, 6) is 0.280. The van der Waals surface area contributed by atoms with E-state index in [1.54, 1.807) is 11.3 Å². The summed E-state index contributed by atoms with van der Waals surface area (Å²) in [5.41, 5.74) is 2.82. The summed E-state index contributed by atoms with van der Waals surface area (Å²) >= 11 is 1.61. The second kappa shape index (κ2) is 7.83. The molecule has 2 N–H and O–H groups in total. The van der Waals surface area contributed by atoms with Gasteiger partial charge in [-0.25, -0.2) is 0 Å². The Labute approximate surface area is 152 Å². The fourth-order valence-corrected chi connectivity index (χ4v) is 4.16. The zero-order chi connectivity index (χ0) is 17.8. The fourth-order valence-electron chi connectivity index (χ4n) is 3.01. The lowest BCUT2D eigenvalue weighted by Gasteiger charge is -2.08. The highest BCUT2D eigenvalue weighted by molar-refractivity contribution is 7.14. The standard InChI is InChI=1S/C20H24N2O2S/c1-13(2)11-19(23)21-15-7-9-16(10-8-15)22-20(24)18-12-14-5-3-4-6-17(14)25-18/h7-10,12-13H,3-6,11H2,1-2H3,(H,21,23)(H,22,24). The maximum Gasteiger partial charge on any atom is 0.265 e. The van der Waals surface area contributed by atoms with E-state index in [1.807, 2.05) is 44.2 Å². The van der Waals surface area contributed by atoms with Crippen LogP contribution in [0.5, 0.6) is 0 Å². The van der Waals surface area contributed by atoms with E-state index in [2.05, 4.69) is 10.6 Å². The molecule has 1 aromatic carbocycles. The lowest BCUT2D eigenvalue weighted by atomic mass is 9.99. The van der Waals surface area contributed by atoms with Gasteiger partial charge >= 0.3 is 0 Å². The Balaban J connectivity index is 1.60. The quantitative estimate of drug-likeness (QED) is 0.803. The topological polar surface area (TPSA) is 58.2 Å². The van der Waals surface area contributed by atoms with E-state index in [0.717, 1.165) is 29.1 Å². The Hall–Kier alpha value is -2.14. The van der Waals surface area contributed by atoms with Gasteiger partial charge in [0.15, 0.2) is 0 Å². The van der Waals surface area contributed by atoms with E-state index < -0.39 is 0 Å². The molecule has 1 aliphatic carbocycles. The number of amides is 2. The van der Waals surface area contributed by atoms with Crippen LogP contribution in [-0.2, 0) is 17.6 Å². The first kappa shape index (κ1) is 17.7. The molecular weight excluding hydrogens is 332 g/mol. The van der Waals surface area contributed by atoms with Gasteiger partial charge in [0, 0.05) is 22.7 Å². The molecule has 25 heavy (non-hydrogen) atoms. The summed E-state index contributed by atoms with van der Waals surface area (Å²) in [6.45, 7) is 4.03. The van der Waals surface area contributed by atoms with Crippen LogP contribution in [0, 0.1) is 5.92 Å². The van der Waals surface area contributed by atoms with Crippen molar-refractivity contribution in [1.29, 1.82) is 0 Å². The molecule has 0 aliphatic heterocycles. The Morgan fingerprint density at radius 1 is 1.04 bits per heavy atom. The number of rotatable bonds is 5. The lowest BCUT2D eigenvalue weighted by Crippen LogP contribution is -2.14. The van der Waals surface area contributed by atoms with Crippen LogP contribution in [-0.4, -0.2) is 11.8 Å². The number of fused-ring (bicyclic) bond motifs is 1. The Bertz CT molecular complexity index is 739. The van der Waals surface area contributed by atoms with Gasteiger partial charge in [-0.2, -0.15) is 0 Å². The van der Waals surface area contributed by atoms with E-state index >= 15 is 0 Å². The number of thiophene rings is 1. The zero-order valence-electron chi connectivity index (χ0n) is 14.7. The third kappa shape index (κ3) is 4.69. The van der Waals surface area contributed by atoms with Crippen molar-refractivity contribution < 1.29 is 9.59 Å². The first-order chi connectivity index (χ1) is 12.0. The summed E-state index contributed by atoms with van der Waals surface area (Å²) < 4.78 is 0. The van der Waals surface area contributed by atoms with Crippen molar-refractivity contribution in [2.75, 3.05) is 10.6 Å². The van der Waals surface area contributed by atoms with Crippen LogP contribution in [0.3, 0.4) is 0 Å². The molecule has 0 bridgehead atoms. The Morgan fingerprint density at radius 2 is 1.68 bits per heavy atom. The Morgan fingerprint density at radius 3 is 2.32 bits per heavy atom. The number of carbonyl (C=O) groups excluding carboxylic acids is 2. The summed E-state index contributed by atoms with van der Waals surface area (Å²) in [6.07, 6.45) is 5.12. The minimum Gasteiger partial charge on any atom is -0.326 e. The minimum absolute atomic E-state index is 0.0101. The molecule has 0 atom stereocenters. The predicted molar refractivity (Wildman–Crippen MR) is 103 cm³/mol. The van der Waals surface area contributed by atoms with E-state index in [4.69, 9.17) is 0 Å². The van der Waals surface area contributed by atoms with Gasteiger partial charge in [-0.05, 0) is 67.5 Å². The monoisotopic (exact) mass is 356 g/mol. The Kier molecular flexibility index (Phi) is 5.53. The van der Waals surface area contributed by atoms with Gasteiger partial charge in [0.2, 0.25) is 5.91 Å². The van der Waals surface area contributed by atoms with Gasteiger partial charge in [-0.3, -0.25) is 9.59 Å². The summed E-state index contributed by atoms with van der Waals surface area (Å²) in [6, 6.07) is 9.29. The molecule has 0 fully saturated rings. The van der Waals surface area contributed by atoms with Crippen LogP contribution in [0.1, 0.15) is 53.2 Å². The smallest absolute Gasteiger partial charge is 0.265 e. The highest BCUT2D eigenvalue weighted by Gasteiger charge is 2.17. The highest BCUT2D eigenvalue weighted by Crippen LogP contribution is 2.30. The molecule has 4 nitrogen and oxygen atoms in total. The van der Waals surface area contributed by atoms with Gasteiger partial charge in [0.05, 0.1) is 4.88 Å². The maximum atomic E-state index is 12.4. The maximum absolute atomic E-state index is 12.4. The molecule has 0 saturated heterocycles. The van der Waals surface area contributed by atoms with Gasteiger partial charge in [-0.15, -0.1) is 11.3 Å². The van der Waals surface area contributed by atoms with Crippen LogP contribution in [0.2, 0.25) is 0 Å². The van der Waals surface area contributed by atoms with E-state index in [1.165, 1.54) is 23.3 Å². The van der Waals surface area contributed by atoms with Crippen LogP contribution >= 0.6 is 11.3 Å². The van der Waals surface area contributed by atoms with Crippen molar-refractivity contribution in [3.05, 3.63) is 45.6 Å². The van der Waals surface area contributed by atoms with Gasteiger partial charge in [0.25, 0.3) is 5.91 Å². The average molecular weight is 356 g/mol. The molecule has 0 radical (unpaired) electrons. The number of hydrogen-bond acceptors (Lipinski definition) is 3. The van der Waals surface area contributed by atoms with Gasteiger partial charge < -0.3 is 10.6 Å². The first-order valence-corrected chi connectivity index (χ1v) is 9.66. The molecule has 2 amide bonds. The molecule has 2 aromatic rings. The second-order valence-electron chi connectivity index (χ2n) is 6.94. The average Bonchev–Trinajstić information content (AvgIpc) is 3.00. The number of aryl methyl sites for hydroxylation is 2. The van der Waals surface area contributed by atoms with Crippen molar-refractivity contribution >= 4 is 34.5 Å². The SMILES string of the molecule is CC(C)CC(=O)Nc1ccc(NC(=O)c2cc3c(s2)CCCC3)cc1. The van der Waals surface area contributed by atoms with Crippen molar-refractivity contribution in [3.8, 4) is 0 Å². The molecule has 0 saturated carbocycles. The summed E-state index contributed by atoms with van der Waals surface area (Å²) in [7, 11) is 0. The fraction of sp³-hybridized carbons (Fsp3) is 0.400. The number of hydrogen-bond donors (Lipinski definition) is 2. The molecule has 1 heterocycles. The number of nitrogens with one attached hydrogen (secondary N) is 2. The molecule has 1 aliphatic rings. The van der Waals surface area contributed by atoms with Crippen molar-refractivity contribution in [2.45, 2.75) is 46.0 Å². The van der Waals surface area contributed by atoms with E-state index in [-0.39, 0.29) is 11.8 Å². The molecule has 1 aromatic heterocycles. The first-order valence-electron chi connectivity index (χ1n) is 8.84. The molecule has 0 spiro atoms. The third-order valence-electron chi connectivity index (χ3n) is 4.24. The van der Waals surface area contributed by atoms with E-state index in [9.17, 15) is 9.59 Å². The number of carbonyl (C=O) groups is 2. The second-order valence-corrected chi connectivity index (χ2v) is 8.08. The number of anilines is 2. The normalized spacial score (nSPS) is 13.4. The highest BCUT2D eigenvalue weighted by atomic mass is 32.1. The van der Waals surface area contributed by atoms with Crippen LogP contribution in [0.25, 0.3) is 0 Å². The van der Waals surface area contributed by atoms with Crippen LogP contribution in [0.4, 0.5) is 11.4 Å². The van der Waals surface area contributed by atoms with Crippen LogP contribution in [0.15, 0.2) is 30.3 Å². The molecule has 3 rings (SSSR count). The van der Waals surface area contributed by atoms with Crippen LogP contribution < -0.4 is 10.6 Å². The van der Waals surface area contributed by atoms with E-state index in [0.29, 0.717) is 12.3 Å². The number of benzene rings is 1. The van der Waals surface area contributed by atoms with Crippen molar-refractivity contribution in [1.82, 2.24) is 0 Å². The molecular formula is C20H24N2O2S.